The Balaban J connectivity index is 2.75. The van der Waals surface area contributed by atoms with Crippen LogP contribution < -0.4 is 0 Å². The van der Waals surface area contributed by atoms with E-state index in [1.54, 1.807) is 4.90 Å². The van der Waals surface area contributed by atoms with Crippen LogP contribution in [0.3, 0.4) is 0 Å². The Labute approximate surface area is 119 Å². The molecule has 7 nitrogen and oxygen atoms in total. The van der Waals surface area contributed by atoms with E-state index < -0.39 is 5.60 Å². The quantitative estimate of drug-likeness (QED) is 0.477. The highest BCUT2D eigenvalue weighted by molar-refractivity contribution is 5.69. The fourth-order valence-electron chi connectivity index (χ4n) is 2.43. The molecule has 1 aliphatic rings. The third-order valence-corrected chi connectivity index (χ3v) is 3.23. The summed E-state index contributed by atoms with van der Waals surface area (Å²) in [7, 11) is 0. The van der Waals surface area contributed by atoms with E-state index in [2.05, 4.69) is 10.0 Å². The molecular formula is C13H24N4O3. The number of nitrogens with zero attached hydrogens (tertiary/aromatic N) is 4. The largest absolute Gasteiger partial charge is 0.444 e. The van der Waals surface area contributed by atoms with E-state index in [4.69, 9.17) is 15.4 Å². The minimum atomic E-state index is -0.538. The molecule has 0 spiro atoms. The van der Waals surface area contributed by atoms with Gasteiger partial charge in [0.25, 0.3) is 0 Å². The molecule has 0 radical (unpaired) electrons. The highest BCUT2D eigenvalue weighted by Crippen LogP contribution is 2.26. The Morgan fingerprint density at radius 2 is 2.30 bits per heavy atom. The Morgan fingerprint density at radius 1 is 1.60 bits per heavy atom. The normalized spacial score (nSPS) is 20.4. The fraction of sp³-hybridized carbons (Fsp3) is 0.923. The minimum absolute atomic E-state index is 0.0522. The lowest BCUT2D eigenvalue weighted by Crippen LogP contribution is -2.44. The highest BCUT2D eigenvalue weighted by Gasteiger charge is 2.36. The number of ether oxygens (including phenoxy) is 1. The van der Waals surface area contributed by atoms with Gasteiger partial charge in [0.2, 0.25) is 0 Å². The predicted molar refractivity (Wildman–Crippen MR) is 75.2 cm³/mol. The smallest absolute Gasteiger partial charge is 0.410 e. The second kappa shape index (κ2) is 7.36. The van der Waals surface area contributed by atoms with Crippen molar-refractivity contribution >= 4 is 6.09 Å². The summed E-state index contributed by atoms with van der Waals surface area (Å²) in [6, 6.07) is -0.436. The van der Waals surface area contributed by atoms with Gasteiger partial charge in [-0.1, -0.05) is 5.11 Å². The first-order chi connectivity index (χ1) is 9.39. The van der Waals surface area contributed by atoms with Gasteiger partial charge in [0.15, 0.2) is 0 Å². The van der Waals surface area contributed by atoms with E-state index in [0.717, 1.165) is 12.8 Å². The average molecular weight is 284 g/mol. The van der Waals surface area contributed by atoms with E-state index in [0.29, 0.717) is 19.4 Å². The standard InChI is InChI=1S/C13H24N4O3/c1-13(2,3)20-12(19)17-8-4-7-11(17)10(15-16-14)6-5-9-18/h10-11,18H,4-9H2,1-3H3. The molecule has 0 aromatic heterocycles. The number of aliphatic hydroxyl groups is 1. The van der Waals surface area contributed by atoms with Gasteiger partial charge >= 0.3 is 6.09 Å². The van der Waals surface area contributed by atoms with Gasteiger partial charge < -0.3 is 14.7 Å². The summed E-state index contributed by atoms with van der Waals surface area (Å²) in [5.41, 5.74) is 8.13. The Kier molecular flexibility index (Phi) is 6.10. The zero-order valence-electron chi connectivity index (χ0n) is 12.4. The van der Waals surface area contributed by atoms with Crippen LogP contribution in [0.5, 0.6) is 0 Å². The zero-order valence-corrected chi connectivity index (χ0v) is 12.4. The molecule has 1 heterocycles. The molecule has 1 N–H and O–H groups in total. The predicted octanol–water partition coefficient (Wildman–Crippen LogP) is 2.84. The maximum atomic E-state index is 12.2. The molecule has 0 aromatic rings. The molecule has 20 heavy (non-hydrogen) atoms. The van der Waals surface area contributed by atoms with E-state index in [1.807, 2.05) is 20.8 Å². The Hall–Kier alpha value is -1.46. The van der Waals surface area contributed by atoms with Crippen molar-refractivity contribution in [3.63, 3.8) is 0 Å². The topological polar surface area (TPSA) is 98.5 Å². The van der Waals surface area contributed by atoms with Gasteiger partial charge in [-0.2, -0.15) is 0 Å². The van der Waals surface area contributed by atoms with Crippen LogP contribution in [-0.4, -0.2) is 46.9 Å². The fourth-order valence-corrected chi connectivity index (χ4v) is 2.43. The first kappa shape index (κ1) is 16.6. The number of azide groups is 1. The second-order valence-corrected chi connectivity index (χ2v) is 6.02. The van der Waals surface area contributed by atoms with Crippen molar-refractivity contribution in [1.29, 1.82) is 0 Å². The van der Waals surface area contributed by atoms with Crippen LogP contribution in [0.1, 0.15) is 46.5 Å². The van der Waals surface area contributed by atoms with Crippen molar-refractivity contribution in [2.75, 3.05) is 13.2 Å². The molecule has 0 aromatic carbocycles. The summed E-state index contributed by atoms with van der Waals surface area (Å²) in [6.45, 7) is 6.15. The lowest BCUT2D eigenvalue weighted by atomic mass is 10.0. The van der Waals surface area contributed by atoms with Gasteiger partial charge in [0, 0.05) is 24.1 Å². The highest BCUT2D eigenvalue weighted by atomic mass is 16.6. The van der Waals surface area contributed by atoms with Crippen LogP contribution in [0.15, 0.2) is 5.11 Å². The molecule has 1 amide bonds. The van der Waals surface area contributed by atoms with Crippen molar-refractivity contribution in [2.45, 2.75) is 64.1 Å². The summed E-state index contributed by atoms with van der Waals surface area (Å²) >= 11 is 0. The number of hydrogen-bond acceptors (Lipinski definition) is 4. The molecular weight excluding hydrogens is 260 g/mol. The van der Waals surface area contributed by atoms with Crippen molar-refractivity contribution < 1.29 is 14.6 Å². The maximum absolute atomic E-state index is 12.2. The third kappa shape index (κ3) is 4.90. The van der Waals surface area contributed by atoms with Crippen LogP contribution in [-0.2, 0) is 4.74 Å². The van der Waals surface area contributed by atoms with Gasteiger partial charge in [-0.05, 0) is 52.0 Å². The molecule has 1 saturated heterocycles. The summed E-state index contributed by atoms with van der Waals surface area (Å²) in [5, 5.41) is 12.7. The summed E-state index contributed by atoms with van der Waals surface area (Å²) in [4.78, 5) is 16.7. The lowest BCUT2D eigenvalue weighted by Gasteiger charge is -2.31. The molecule has 1 rings (SSSR count). The summed E-state index contributed by atoms with van der Waals surface area (Å²) in [6.07, 6.45) is 2.45. The van der Waals surface area contributed by atoms with Crippen molar-refractivity contribution in [2.24, 2.45) is 5.11 Å². The molecule has 114 valence electrons. The summed E-state index contributed by atoms with van der Waals surface area (Å²) in [5.74, 6) is 0. The molecule has 1 aliphatic heterocycles. The van der Waals surface area contributed by atoms with E-state index in [-0.39, 0.29) is 24.8 Å². The second-order valence-electron chi connectivity index (χ2n) is 6.02. The lowest BCUT2D eigenvalue weighted by molar-refractivity contribution is 0.0203. The monoisotopic (exact) mass is 284 g/mol. The average Bonchev–Trinajstić information content (AvgIpc) is 2.81. The van der Waals surface area contributed by atoms with E-state index in [1.165, 1.54) is 0 Å². The van der Waals surface area contributed by atoms with Gasteiger partial charge in [0.05, 0.1) is 6.04 Å². The van der Waals surface area contributed by atoms with Crippen LogP contribution in [0.2, 0.25) is 0 Å². The van der Waals surface area contributed by atoms with Crippen molar-refractivity contribution in [3.8, 4) is 0 Å². The van der Waals surface area contributed by atoms with Crippen LogP contribution in [0, 0.1) is 0 Å². The van der Waals surface area contributed by atoms with E-state index in [9.17, 15) is 4.79 Å². The first-order valence-corrected chi connectivity index (χ1v) is 7.03. The number of amides is 1. The van der Waals surface area contributed by atoms with Crippen LogP contribution in [0.4, 0.5) is 4.79 Å². The number of rotatable bonds is 5. The number of carbonyl (C=O) groups is 1. The number of aliphatic hydroxyl groups excluding tert-OH is 1. The summed E-state index contributed by atoms with van der Waals surface area (Å²) < 4.78 is 5.39. The number of carbonyl (C=O) groups excluding carboxylic acids is 1. The van der Waals surface area contributed by atoms with Crippen molar-refractivity contribution in [1.82, 2.24) is 4.90 Å². The molecule has 7 heteroatoms. The number of likely N-dealkylation sites (tertiary alicyclic amines) is 1. The van der Waals surface area contributed by atoms with E-state index >= 15 is 0 Å². The molecule has 0 aliphatic carbocycles. The van der Waals surface area contributed by atoms with Gasteiger partial charge in [-0.25, -0.2) is 4.79 Å². The molecule has 2 unspecified atom stereocenters. The molecule has 1 fully saturated rings. The Morgan fingerprint density at radius 3 is 2.85 bits per heavy atom. The van der Waals surface area contributed by atoms with Crippen LogP contribution in [0.25, 0.3) is 10.4 Å². The molecule has 2 atom stereocenters. The Bertz CT molecular complexity index is 374. The van der Waals surface area contributed by atoms with Crippen molar-refractivity contribution in [3.05, 3.63) is 10.4 Å². The molecule has 0 saturated carbocycles. The zero-order chi connectivity index (χ0) is 15.2. The van der Waals surface area contributed by atoms with Gasteiger partial charge in [0.1, 0.15) is 5.60 Å². The number of hydrogen-bond donors (Lipinski definition) is 1. The minimum Gasteiger partial charge on any atom is -0.444 e. The third-order valence-electron chi connectivity index (χ3n) is 3.23. The maximum Gasteiger partial charge on any atom is 0.410 e. The van der Waals surface area contributed by atoms with Gasteiger partial charge in [-0.15, -0.1) is 0 Å². The van der Waals surface area contributed by atoms with Gasteiger partial charge in [-0.3, -0.25) is 0 Å². The van der Waals surface area contributed by atoms with Crippen LogP contribution >= 0.6 is 0 Å². The molecule has 0 bridgehead atoms. The SMILES string of the molecule is CC(C)(C)OC(=O)N1CCCC1C(CCCO)N=[N+]=[N-]. The first-order valence-electron chi connectivity index (χ1n) is 7.03.